The fraction of sp³-hybridized carbons (Fsp3) is 0.300. The van der Waals surface area contributed by atoms with Gasteiger partial charge in [0.05, 0.1) is 0 Å². The number of carbonyl (C=O) groups is 1. The van der Waals surface area contributed by atoms with Gasteiger partial charge in [-0.2, -0.15) is 0 Å². The van der Waals surface area contributed by atoms with Crippen LogP contribution >= 0.6 is 0 Å². The molecule has 0 amide bonds. The predicted molar refractivity (Wildman–Crippen MR) is 50.0 cm³/mol. The first-order valence-electron chi connectivity index (χ1n) is 3.88. The van der Waals surface area contributed by atoms with Crippen molar-refractivity contribution in [2.24, 2.45) is 0 Å². The molecule has 12 heavy (non-hydrogen) atoms. The lowest BCUT2D eigenvalue weighted by Gasteiger charge is -1.96. The van der Waals surface area contributed by atoms with Crippen LogP contribution in [-0.2, 0) is 4.79 Å². The Morgan fingerprint density at radius 2 is 2.25 bits per heavy atom. The lowest BCUT2D eigenvalue weighted by molar-refractivity contribution is -0.132. The van der Waals surface area contributed by atoms with E-state index in [4.69, 9.17) is 5.11 Å². The first-order chi connectivity index (χ1) is 5.72. The molecule has 2 nitrogen and oxygen atoms in total. The van der Waals surface area contributed by atoms with E-state index in [9.17, 15) is 4.79 Å². The van der Waals surface area contributed by atoms with Gasteiger partial charge in [0, 0.05) is 5.57 Å². The maximum Gasteiger partial charge on any atom is 0.331 e. The van der Waals surface area contributed by atoms with Gasteiger partial charge in [-0.1, -0.05) is 30.9 Å². The molecular weight excluding hydrogens is 152 g/mol. The normalized spacial score (nSPS) is 11.9. The molecule has 2 heteroatoms. The molecule has 0 aromatic carbocycles. The average molecular weight is 166 g/mol. The Kier molecular flexibility index (Phi) is 5.70. The second-order valence-corrected chi connectivity index (χ2v) is 2.32. The van der Waals surface area contributed by atoms with Crippen LogP contribution in [0.15, 0.2) is 36.5 Å². The summed E-state index contributed by atoms with van der Waals surface area (Å²) in [5.41, 5.74) is 0.462. The maximum atomic E-state index is 10.5. The van der Waals surface area contributed by atoms with Gasteiger partial charge in [-0.25, -0.2) is 4.79 Å². The predicted octanol–water partition coefficient (Wildman–Crippen LogP) is 2.54. The van der Waals surface area contributed by atoms with Crippen LogP contribution in [0.25, 0.3) is 0 Å². The van der Waals surface area contributed by atoms with Gasteiger partial charge in [-0.05, 0) is 19.8 Å². The van der Waals surface area contributed by atoms with Crippen LogP contribution in [0.4, 0.5) is 0 Å². The first-order valence-corrected chi connectivity index (χ1v) is 3.88. The van der Waals surface area contributed by atoms with Gasteiger partial charge in [0.2, 0.25) is 0 Å². The lowest BCUT2D eigenvalue weighted by Crippen LogP contribution is -1.99. The van der Waals surface area contributed by atoms with E-state index >= 15 is 0 Å². The summed E-state index contributed by atoms with van der Waals surface area (Å²) >= 11 is 0. The van der Waals surface area contributed by atoms with Gasteiger partial charge in [-0.15, -0.1) is 0 Å². The summed E-state index contributed by atoms with van der Waals surface area (Å²) in [4.78, 5) is 10.5. The van der Waals surface area contributed by atoms with Crippen LogP contribution in [-0.4, -0.2) is 11.1 Å². The standard InChI is InChI=1S/C10H14O2/c1-3-5-6-7-8-9(4-2)10(11)12/h3-6H,1,7-8H2,2H3,(H,11,12)/b6-5-,9-4+. The molecule has 0 aromatic heterocycles. The topological polar surface area (TPSA) is 37.3 Å². The number of carboxylic acids is 1. The minimum absolute atomic E-state index is 0.462. The SMILES string of the molecule is C=C/C=C\CC/C(=C\C)C(=O)O. The molecule has 0 aliphatic rings. The molecule has 0 aromatic rings. The zero-order valence-corrected chi connectivity index (χ0v) is 7.29. The minimum atomic E-state index is -0.829. The van der Waals surface area contributed by atoms with Crippen LogP contribution in [0.5, 0.6) is 0 Å². The Morgan fingerprint density at radius 3 is 2.67 bits per heavy atom. The maximum absolute atomic E-state index is 10.5. The van der Waals surface area contributed by atoms with Crippen molar-refractivity contribution in [2.75, 3.05) is 0 Å². The first kappa shape index (κ1) is 10.7. The highest BCUT2D eigenvalue weighted by Crippen LogP contribution is 2.05. The van der Waals surface area contributed by atoms with Crippen LogP contribution in [0.2, 0.25) is 0 Å². The Hall–Kier alpha value is -1.31. The van der Waals surface area contributed by atoms with Crippen LogP contribution < -0.4 is 0 Å². The number of aliphatic carboxylic acids is 1. The molecule has 66 valence electrons. The summed E-state index contributed by atoms with van der Waals surface area (Å²) < 4.78 is 0. The largest absolute Gasteiger partial charge is 0.478 e. The molecule has 0 saturated carbocycles. The number of hydrogen-bond acceptors (Lipinski definition) is 1. The smallest absolute Gasteiger partial charge is 0.331 e. The van der Waals surface area contributed by atoms with Crippen molar-refractivity contribution < 1.29 is 9.90 Å². The summed E-state index contributed by atoms with van der Waals surface area (Å²) in [6, 6.07) is 0. The van der Waals surface area contributed by atoms with Crippen molar-refractivity contribution in [1.29, 1.82) is 0 Å². The molecule has 0 atom stereocenters. The molecule has 0 heterocycles. The van der Waals surface area contributed by atoms with E-state index in [-0.39, 0.29) is 0 Å². The van der Waals surface area contributed by atoms with Crippen molar-refractivity contribution >= 4 is 5.97 Å². The van der Waals surface area contributed by atoms with Gasteiger partial charge in [0.15, 0.2) is 0 Å². The third-order valence-electron chi connectivity index (χ3n) is 1.48. The summed E-state index contributed by atoms with van der Waals surface area (Å²) in [5, 5.41) is 8.62. The molecule has 0 aliphatic carbocycles. The van der Waals surface area contributed by atoms with Gasteiger partial charge in [0.1, 0.15) is 0 Å². The summed E-state index contributed by atoms with van der Waals surface area (Å²) in [6.07, 6.45) is 8.35. The second-order valence-electron chi connectivity index (χ2n) is 2.32. The third kappa shape index (κ3) is 4.50. The van der Waals surface area contributed by atoms with Crippen molar-refractivity contribution in [3.8, 4) is 0 Å². The van der Waals surface area contributed by atoms with Crippen LogP contribution in [0.1, 0.15) is 19.8 Å². The van der Waals surface area contributed by atoms with Crippen molar-refractivity contribution in [1.82, 2.24) is 0 Å². The highest BCUT2D eigenvalue weighted by atomic mass is 16.4. The molecule has 0 bridgehead atoms. The Balaban J connectivity index is 3.83. The van der Waals surface area contributed by atoms with E-state index in [2.05, 4.69) is 6.58 Å². The van der Waals surface area contributed by atoms with Crippen molar-refractivity contribution in [2.45, 2.75) is 19.8 Å². The Bertz CT molecular complexity index is 212. The molecule has 0 saturated heterocycles. The average Bonchev–Trinajstić information content (AvgIpc) is 2.04. The summed E-state index contributed by atoms with van der Waals surface area (Å²) in [5.74, 6) is -0.829. The van der Waals surface area contributed by atoms with Gasteiger partial charge < -0.3 is 5.11 Å². The minimum Gasteiger partial charge on any atom is -0.478 e. The summed E-state index contributed by atoms with van der Waals surface area (Å²) in [7, 11) is 0. The Labute approximate surface area is 72.9 Å². The van der Waals surface area contributed by atoms with E-state index in [1.54, 1.807) is 19.1 Å². The molecule has 0 radical (unpaired) electrons. The monoisotopic (exact) mass is 166 g/mol. The number of rotatable bonds is 5. The van der Waals surface area contributed by atoms with Gasteiger partial charge >= 0.3 is 5.97 Å². The molecular formula is C10H14O2. The zero-order chi connectivity index (χ0) is 9.40. The zero-order valence-electron chi connectivity index (χ0n) is 7.29. The molecule has 0 rings (SSSR count). The van der Waals surface area contributed by atoms with E-state index in [0.717, 1.165) is 6.42 Å². The van der Waals surface area contributed by atoms with E-state index < -0.39 is 5.97 Å². The highest BCUT2D eigenvalue weighted by Gasteiger charge is 2.02. The fourth-order valence-corrected chi connectivity index (χ4v) is 0.806. The van der Waals surface area contributed by atoms with E-state index in [0.29, 0.717) is 12.0 Å². The Morgan fingerprint density at radius 1 is 1.58 bits per heavy atom. The molecule has 0 unspecified atom stereocenters. The van der Waals surface area contributed by atoms with E-state index in [1.807, 2.05) is 12.2 Å². The number of allylic oxidation sites excluding steroid dienone is 4. The molecule has 0 aliphatic heterocycles. The molecule has 0 spiro atoms. The van der Waals surface area contributed by atoms with Crippen molar-refractivity contribution in [3.05, 3.63) is 36.5 Å². The fourth-order valence-electron chi connectivity index (χ4n) is 0.806. The molecule has 1 N–H and O–H groups in total. The van der Waals surface area contributed by atoms with Gasteiger partial charge in [0.25, 0.3) is 0 Å². The quantitative estimate of drug-likeness (QED) is 0.503. The van der Waals surface area contributed by atoms with Crippen LogP contribution in [0, 0.1) is 0 Å². The molecule has 0 fully saturated rings. The second kappa shape index (κ2) is 6.40. The van der Waals surface area contributed by atoms with Gasteiger partial charge in [-0.3, -0.25) is 0 Å². The third-order valence-corrected chi connectivity index (χ3v) is 1.48. The number of hydrogen-bond donors (Lipinski definition) is 1. The summed E-state index contributed by atoms with van der Waals surface area (Å²) in [6.45, 7) is 5.25. The number of carboxylic acid groups (broad SMARTS) is 1. The van der Waals surface area contributed by atoms with E-state index in [1.165, 1.54) is 0 Å². The lowest BCUT2D eigenvalue weighted by atomic mass is 10.1. The van der Waals surface area contributed by atoms with Crippen LogP contribution in [0.3, 0.4) is 0 Å². The highest BCUT2D eigenvalue weighted by molar-refractivity contribution is 5.86. The van der Waals surface area contributed by atoms with Crippen molar-refractivity contribution in [3.63, 3.8) is 0 Å².